The minimum Gasteiger partial charge on any atom is -0.423 e. The molecule has 2 heterocycles. The number of nitrogens with two attached hydrogens (primary N) is 2. The number of amides is 2. The van der Waals surface area contributed by atoms with Crippen LogP contribution in [0.4, 0.5) is 20.7 Å². The fourth-order valence-electron chi connectivity index (χ4n) is 5.28. The molecule has 0 radical (unpaired) electrons. The number of nitrogens with one attached hydrogen (secondary N) is 2. The molecule has 12 nitrogen and oxygen atoms in total. The van der Waals surface area contributed by atoms with Crippen LogP contribution >= 0.6 is 15.9 Å². The van der Waals surface area contributed by atoms with Crippen LogP contribution in [-0.2, 0) is 10.8 Å². The maximum Gasteiger partial charge on any atom is 0.488 e. The summed E-state index contributed by atoms with van der Waals surface area (Å²) >= 11 is 3.29. The second-order valence-electron chi connectivity index (χ2n) is 14.3. The molecule has 308 valence electrons. The van der Waals surface area contributed by atoms with Crippen molar-refractivity contribution in [3.63, 3.8) is 0 Å². The van der Waals surface area contributed by atoms with Crippen molar-refractivity contribution < 1.29 is 28.4 Å². The van der Waals surface area contributed by atoms with Gasteiger partial charge in [-0.05, 0) is 86.6 Å². The number of halogens is 3. The Bertz CT molecular complexity index is 2270. The minimum absolute atomic E-state index is 0. The number of primary amides is 2. The van der Waals surface area contributed by atoms with Crippen LogP contribution in [0.25, 0.3) is 11.1 Å². The monoisotopic (exact) mass is 868 g/mol. The number of aromatic nitrogens is 4. The van der Waals surface area contributed by atoms with E-state index in [0.717, 1.165) is 26.7 Å². The van der Waals surface area contributed by atoms with Crippen LogP contribution in [0.3, 0.4) is 0 Å². The molecule has 0 aliphatic carbocycles. The van der Waals surface area contributed by atoms with Gasteiger partial charge in [0.2, 0.25) is 23.7 Å². The van der Waals surface area contributed by atoms with Crippen LogP contribution in [0.1, 0.15) is 67.0 Å². The zero-order valence-electron chi connectivity index (χ0n) is 32.3. The number of carbonyl (C=O) groups excluding carboxylic acids is 2. The second-order valence-corrected chi connectivity index (χ2v) is 15.2. The second kappa shape index (κ2) is 21.6. The fourth-order valence-corrected chi connectivity index (χ4v) is 5.49. The Kier molecular flexibility index (Phi) is 17.3. The van der Waals surface area contributed by atoms with Gasteiger partial charge in [0.1, 0.15) is 11.6 Å². The topological polar surface area (TPSA) is 202 Å². The summed E-state index contributed by atoms with van der Waals surface area (Å²) in [7, 11) is -1.57. The number of anilines is 2. The molecule has 2 amide bonds. The van der Waals surface area contributed by atoms with Crippen LogP contribution in [0.5, 0.6) is 0 Å². The lowest BCUT2D eigenvalue weighted by molar-refractivity contribution is 0.0992. The van der Waals surface area contributed by atoms with Gasteiger partial charge in [-0.1, -0.05) is 83.7 Å². The third-order valence-electron chi connectivity index (χ3n) is 8.85. The molecule has 6 aromatic rings. The molecule has 0 spiro atoms. The number of carbonyl (C=O) groups is 2. The molecule has 0 saturated carbocycles. The Morgan fingerprint density at radius 3 is 1.47 bits per heavy atom. The van der Waals surface area contributed by atoms with Gasteiger partial charge in [-0.3, -0.25) is 9.59 Å². The number of nitrogens with zero attached hydrogens (tertiary/aromatic N) is 4. The van der Waals surface area contributed by atoms with Crippen molar-refractivity contribution in [3.05, 3.63) is 160 Å². The molecule has 16 heteroatoms. The number of benzene rings is 4. The Balaban J connectivity index is 0.000000253. The van der Waals surface area contributed by atoms with E-state index in [-0.39, 0.29) is 40.9 Å². The summed E-state index contributed by atoms with van der Waals surface area (Å²) in [6.45, 7) is 9.57. The smallest absolute Gasteiger partial charge is 0.423 e. The van der Waals surface area contributed by atoms with E-state index in [4.69, 9.17) is 21.5 Å². The van der Waals surface area contributed by atoms with Crippen LogP contribution in [0.2, 0.25) is 0 Å². The molecular formula is C43H48BBrF2N8O4. The quantitative estimate of drug-likeness (QED) is 0.0725. The molecule has 0 fully saturated rings. The minimum atomic E-state index is -1.57. The van der Waals surface area contributed by atoms with Gasteiger partial charge in [0.15, 0.2) is 0 Å². The van der Waals surface area contributed by atoms with Gasteiger partial charge in [0, 0.05) is 65.4 Å². The third-order valence-corrected chi connectivity index (χ3v) is 9.26. The molecule has 0 atom stereocenters. The maximum atomic E-state index is 13.1. The lowest BCUT2D eigenvalue weighted by atomic mass is 9.79. The van der Waals surface area contributed by atoms with Gasteiger partial charge in [0.05, 0.1) is 4.47 Å². The fraction of sp³-hybridized carbons (Fsp3) is 0.209. The van der Waals surface area contributed by atoms with Gasteiger partial charge < -0.3 is 32.1 Å². The molecular weight excluding hydrogens is 821 g/mol. The highest BCUT2D eigenvalue weighted by Gasteiger charge is 2.22. The molecule has 0 aliphatic rings. The standard InChI is InChI=1S/C21H21FN4O.C14H15BrFN3.C7H8BNO3.CH4/c1-21(2,17-6-8-18(22)9-7-17)13-26-20-24-11-16(12-25-20)14-4-3-5-15(10-14)19(23)27;1-14(2,10-3-5-12(16)6-4-10)9-19-13-17-7-11(15)8-18-13;9-7(10)5-2-1-3-6(4-5)8(11)12;/h3-12H,13H2,1-2H3,(H2,23,27)(H,24,25,26);3-8H,9H2,1-2H3,(H,17,18,19);1-4,11-12H,(H2,9,10);1H4. The van der Waals surface area contributed by atoms with E-state index in [1.807, 2.05) is 6.07 Å². The van der Waals surface area contributed by atoms with Gasteiger partial charge in [-0.2, -0.15) is 0 Å². The summed E-state index contributed by atoms with van der Waals surface area (Å²) < 4.78 is 26.9. The predicted molar refractivity (Wildman–Crippen MR) is 233 cm³/mol. The Hall–Kier alpha value is -6.10. The first-order valence-electron chi connectivity index (χ1n) is 17.9. The Morgan fingerprint density at radius 1 is 0.644 bits per heavy atom. The summed E-state index contributed by atoms with van der Waals surface area (Å²) in [5.41, 5.74) is 14.6. The van der Waals surface area contributed by atoms with Crippen LogP contribution in [0, 0.1) is 11.6 Å². The summed E-state index contributed by atoms with van der Waals surface area (Å²) in [5, 5.41) is 23.9. The molecule has 0 aliphatic heterocycles. The lowest BCUT2D eigenvalue weighted by Gasteiger charge is -2.25. The molecule has 6 rings (SSSR count). The molecule has 8 N–H and O–H groups in total. The zero-order chi connectivity index (χ0) is 42.5. The van der Waals surface area contributed by atoms with E-state index in [9.17, 15) is 18.4 Å². The SMILES string of the molecule is C.CC(C)(CNc1ncc(-c2cccc(C(N)=O)c2)cn1)c1ccc(F)cc1.CC(C)(CNc1ncc(Br)cn1)c1ccc(F)cc1.NC(=O)c1cccc(B(O)O)c1. The first-order chi connectivity index (χ1) is 27.4. The van der Waals surface area contributed by atoms with E-state index in [1.54, 1.807) is 67.3 Å². The average molecular weight is 870 g/mol. The van der Waals surface area contributed by atoms with E-state index >= 15 is 0 Å². The molecule has 0 saturated heterocycles. The van der Waals surface area contributed by atoms with Crippen LogP contribution < -0.4 is 27.6 Å². The van der Waals surface area contributed by atoms with Crippen molar-refractivity contribution in [2.24, 2.45) is 11.5 Å². The van der Waals surface area contributed by atoms with Gasteiger partial charge in [0.25, 0.3) is 0 Å². The van der Waals surface area contributed by atoms with Gasteiger partial charge in [-0.25, -0.2) is 28.7 Å². The summed E-state index contributed by atoms with van der Waals surface area (Å²) in [4.78, 5) is 39.0. The molecule has 2 aromatic heterocycles. The van der Waals surface area contributed by atoms with Crippen LogP contribution in [-0.4, -0.2) is 62.0 Å². The Labute approximate surface area is 351 Å². The highest BCUT2D eigenvalue weighted by molar-refractivity contribution is 9.10. The summed E-state index contributed by atoms with van der Waals surface area (Å²) in [5.74, 6) is -0.444. The molecule has 0 unspecified atom stereocenters. The number of rotatable bonds is 12. The number of hydrogen-bond acceptors (Lipinski definition) is 10. The largest absolute Gasteiger partial charge is 0.488 e. The Morgan fingerprint density at radius 2 is 1.05 bits per heavy atom. The molecule has 0 bridgehead atoms. The third kappa shape index (κ3) is 14.7. The number of hydrogen-bond donors (Lipinski definition) is 6. The normalized spacial score (nSPS) is 10.7. The van der Waals surface area contributed by atoms with E-state index in [1.165, 1.54) is 48.5 Å². The van der Waals surface area contributed by atoms with Crippen molar-refractivity contribution in [2.45, 2.75) is 46.0 Å². The summed E-state index contributed by atoms with van der Waals surface area (Å²) in [6.07, 6.45) is 6.78. The van der Waals surface area contributed by atoms with E-state index in [2.05, 4.69) is 74.2 Å². The van der Waals surface area contributed by atoms with E-state index in [0.29, 0.717) is 30.5 Å². The van der Waals surface area contributed by atoms with Crippen molar-refractivity contribution >= 4 is 52.2 Å². The first-order valence-corrected chi connectivity index (χ1v) is 18.7. The van der Waals surface area contributed by atoms with Gasteiger partial charge >= 0.3 is 7.12 Å². The predicted octanol–water partition coefficient (Wildman–Crippen LogP) is 6.64. The molecule has 4 aromatic carbocycles. The van der Waals surface area contributed by atoms with Crippen molar-refractivity contribution in [3.8, 4) is 11.1 Å². The van der Waals surface area contributed by atoms with Crippen molar-refractivity contribution in [2.75, 3.05) is 23.7 Å². The highest BCUT2D eigenvalue weighted by Crippen LogP contribution is 2.25. The average Bonchev–Trinajstić information content (AvgIpc) is 3.21. The van der Waals surface area contributed by atoms with E-state index < -0.39 is 18.9 Å². The van der Waals surface area contributed by atoms with Gasteiger partial charge in [-0.15, -0.1) is 0 Å². The zero-order valence-corrected chi connectivity index (χ0v) is 33.9. The first kappa shape index (κ1) is 47.3. The van der Waals surface area contributed by atoms with Crippen molar-refractivity contribution in [1.82, 2.24) is 19.9 Å². The maximum absolute atomic E-state index is 13.1. The molecule has 59 heavy (non-hydrogen) atoms. The lowest BCUT2D eigenvalue weighted by Crippen LogP contribution is -2.30. The highest BCUT2D eigenvalue weighted by atomic mass is 79.9. The van der Waals surface area contributed by atoms with Crippen molar-refractivity contribution in [1.29, 1.82) is 0 Å². The summed E-state index contributed by atoms with van der Waals surface area (Å²) in [6, 6.07) is 26.0. The van der Waals surface area contributed by atoms with Crippen LogP contribution in [0.15, 0.2) is 126 Å².